The third kappa shape index (κ3) is 2.26. The number of rotatable bonds is 2. The number of anilines is 2. The largest absolute Gasteiger partial charge is 0.342 e. The van der Waals surface area contributed by atoms with E-state index in [1.165, 1.54) is 5.56 Å². The average Bonchev–Trinajstić information content (AvgIpc) is 2.39. The van der Waals surface area contributed by atoms with Crippen molar-refractivity contribution in [1.29, 1.82) is 5.26 Å². The highest BCUT2D eigenvalue weighted by atomic mass is 15.1. The molecule has 3 nitrogen and oxygen atoms in total. The molecule has 2 aromatic rings. The lowest BCUT2D eigenvalue weighted by Crippen LogP contribution is -2.11. The molecular weight excluding hydrogens is 210 g/mol. The van der Waals surface area contributed by atoms with Crippen molar-refractivity contribution in [2.45, 2.75) is 6.92 Å². The predicted molar refractivity (Wildman–Crippen MR) is 68.2 cm³/mol. The van der Waals surface area contributed by atoms with Gasteiger partial charge in [0, 0.05) is 18.9 Å². The molecule has 0 bridgehead atoms. The molecule has 84 valence electrons. The number of nitrogens with zero attached hydrogens (tertiary/aromatic N) is 3. The van der Waals surface area contributed by atoms with Gasteiger partial charge in [-0.1, -0.05) is 17.7 Å². The SMILES string of the molecule is Cc1ccc(N(C)c2cnccc2C#N)cc1. The average molecular weight is 223 g/mol. The van der Waals surface area contributed by atoms with Gasteiger partial charge in [-0.25, -0.2) is 0 Å². The van der Waals surface area contributed by atoms with Crippen molar-refractivity contribution in [3.05, 3.63) is 53.9 Å². The van der Waals surface area contributed by atoms with E-state index in [2.05, 4.69) is 18.0 Å². The molecule has 1 heterocycles. The minimum absolute atomic E-state index is 0.628. The van der Waals surface area contributed by atoms with Gasteiger partial charge in [-0.05, 0) is 25.1 Å². The van der Waals surface area contributed by atoms with E-state index < -0.39 is 0 Å². The summed E-state index contributed by atoms with van der Waals surface area (Å²) in [6.45, 7) is 2.05. The Hall–Kier alpha value is -2.34. The molecule has 0 radical (unpaired) electrons. The number of hydrogen-bond acceptors (Lipinski definition) is 3. The summed E-state index contributed by atoms with van der Waals surface area (Å²) in [7, 11) is 1.93. The van der Waals surface area contributed by atoms with E-state index >= 15 is 0 Å². The first kappa shape index (κ1) is 11.2. The first-order chi connectivity index (χ1) is 8.22. The van der Waals surface area contributed by atoms with Crippen LogP contribution in [0.5, 0.6) is 0 Å². The van der Waals surface area contributed by atoms with Gasteiger partial charge in [0.05, 0.1) is 17.4 Å². The van der Waals surface area contributed by atoms with Crippen LogP contribution in [0.25, 0.3) is 0 Å². The second-order valence-corrected chi connectivity index (χ2v) is 3.90. The maximum Gasteiger partial charge on any atom is 0.101 e. The molecule has 0 saturated carbocycles. The zero-order valence-corrected chi connectivity index (χ0v) is 9.88. The summed E-state index contributed by atoms with van der Waals surface area (Å²) in [6, 6.07) is 12.1. The van der Waals surface area contributed by atoms with Gasteiger partial charge in [0.25, 0.3) is 0 Å². The van der Waals surface area contributed by atoms with Crippen molar-refractivity contribution >= 4 is 11.4 Å². The third-order valence-electron chi connectivity index (χ3n) is 2.70. The molecule has 0 N–H and O–H groups in total. The molecule has 0 amide bonds. The number of pyridine rings is 1. The predicted octanol–water partition coefficient (Wildman–Crippen LogP) is 3.03. The van der Waals surface area contributed by atoms with Crippen molar-refractivity contribution in [1.82, 2.24) is 4.98 Å². The van der Waals surface area contributed by atoms with Gasteiger partial charge in [-0.2, -0.15) is 5.26 Å². The highest BCUT2D eigenvalue weighted by Gasteiger charge is 2.08. The summed E-state index contributed by atoms with van der Waals surface area (Å²) in [6.07, 6.45) is 3.34. The van der Waals surface area contributed by atoms with Gasteiger partial charge >= 0.3 is 0 Å². The fourth-order valence-corrected chi connectivity index (χ4v) is 1.66. The summed E-state index contributed by atoms with van der Waals surface area (Å²) in [5.41, 5.74) is 3.70. The molecule has 0 aliphatic carbocycles. The summed E-state index contributed by atoms with van der Waals surface area (Å²) < 4.78 is 0. The Morgan fingerprint density at radius 3 is 2.53 bits per heavy atom. The Morgan fingerprint density at radius 2 is 1.88 bits per heavy atom. The van der Waals surface area contributed by atoms with E-state index in [4.69, 9.17) is 5.26 Å². The summed E-state index contributed by atoms with van der Waals surface area (Å²) >= 11 is 0. The molecule has 0 aliphatic heterocycles. The third-order valence-corrected chi connectivity index (χ3v) is 2.70. The molecule has 3 heteroatoms. The zero-order chi connectivity index (χ0) is 12.3. The molecule has 2 rings (SSSR count). The van der Waals surface area contributed by atoms with Gasteiger partial charge < -0.3 is 4.90 Å². The maximum atomic E-state index is 9.05. The van der Waals surface area contributed by atoms with Gasteiger partial charge in [-0.3, -0.25) is 4.98 Å². The summed E-state index contributed by atoms with van der Waals surface area (Å²) in [4.78, 5) is 6.03. The van der Waals surface area contributed by atoms with E-state index in [1.54, 1.807) is 18.5 Å². The Morgan fingerprint density at radius 1 is 1.18 bits per heavy atom. The minimum Gasteiger partial charge on any atom is -0.342 e. The molecule has 1 aromatic carbocycles. The van der Waals surface area contributed by atoms with Crippen LogP contribution in [0.3, 0.4) is 0 Å². The van der Waals surface area contributed by atoms with Crippen LogP contribution in [0.15, 0.2) is 42.7 Å². The molecule has 1 aromatic heterocycles. The number of aromatic nitrogens is 1. The fraction of sp³-hybridized carbons (Fsp3) is 0.143. The second-order valence-electron chi connectivity index (χ2n) is 3.90. The molecule has 0 fully saturated rings. The van der Waals surface area contributed by atoms with E-state index in [9.17, 15) is 0 Å². The van der Waals surface area contributed by atoms with Crippen molar-refractivity contribution in [2.75, 3.05) is 11.9 Å². The fourth-order valence-electron chi connectivity index (χ4n) is 1.66. The molecule has 0 saturated heterocycles. The van der Waals surface area contributed by atoms with Crippen LogP contribution in [0.2, 0.25) is 0 Å². The highest BCUT2D eigenvalue weighted by molar-refractivity contribution is 5.67. The van der Waals surface area contributed by atoms with Crippen LogP contribution < -0.4 is 4.90 Å². The van der Waals surface area contributed by atoms with Crippen LogP contribution >= 0.6 is 0 Å². The summed E-state index contributed by atoms with van der Waals surface area (Å²) in [5, 5.41) is 9.05. The van der Waals surface area contributed by atoms with Crippen molar-refractivity contribution in [3.8, 4) is 6.07 Å². The molecule has 0 spiro atoms. The number of nitriles is 1. The van der Waals surface area contributed by atoms with Crippen molar-refractivity contribution < 1.29 is 0 Å². The quantitative estimate of drug-likeness (QED) is 0.785. The minimum atomic E-state index is 0.628. The zero-order valence-electron chi connectivity index (χ0n) is 9.88. The lowest BCUT2D eigenvalue weighted by molar-refractivity contribution is 1.16. The Bertz CT molecular complexity index is 552. The number of benzene rings is 1. The lowest BCUT2D eigenvalue weighted by atomic mass is 10.2. The van der Waals surface area contributed by atoms with E-state index in [0.29, 0.717) is 5.56 Å². The van der Waals surface area contributed by atoms with Crippen LogP contribution in [0, 0.1) is 18.3 Å². The van der Waals surface area contributed by atoms with E-state index in [0.717, 1.165) is 11.4 Å². The van der Waals surface area contributed by atoms with Gasteiger partial charge in [0.15, 0.2) is 0 Å². The van der Waals surface area contributed by atoms with Crippen LogP contribution in [-0.4, -0.2) is 12.0 Å². The molecular formula is C14H13N3. The number of hydrogen-bond donors (Lipinski definition) is 0. The monoisotopic (exact) mass is 223 g/mol. The van der Waals surface area contributed by atoms with Crippen LogP contribution in [-0.2, 0) is 0 Å². The Kier molecular flexibility index (Phi) is 3.06. The van der Waals surface area contributed by atoms with Crippen molar-refractivity contribution in [3.63, 3.8) is 0 Å². The first-order valence-corrected chi connectivity index (χ1v) is 5.37. The van der Waals surface area contributed by atoms with Crippen molar-refractivity contribution in [2.24, 2.45) is 0 Å². The Labute approximate surface area is 101 Å². The molecule has 0 unspecified atom stereocenters. The smallest absolute Gasteiger partial charge is 0.101 e. The topological polar surface area (TPSA) is 39.9 Å². The maximum absolute atomic E-state index is 9.05. The van der Waals surface area contributed by atoms with Gasteiger partial charge in [0.1, 0.15) is 6.07 Å². The van der Waals surface area contributed by atoms with Crippen LogP contribution in [0.4, 0.5) is 11.4 Å². The number of aryl methyl sites for hydroxylation is 1. The van der Waals surface area contributed by atoms with E-state index in [-0.39, 0.29) is 0 Å². The Balaban J connectivity index is 2.40. The normalized spacial score (nSPS) is 9.71. The lowest BCUT2D eigenvalue weighted by Gasteiger charge is -2.20. The second kappa shape index (κ2) is 4.67. The highest BCUT2D eigenvalue weighted by Crippen LogP contribution is 2.25. The molecule has 17 heavy (non-hydrogen) atoms. The van der Waals surface area contributed by atoms with Gasteiger partial charge in [-0.15, -0.1) is 0 Å². The van der Waals surface area contributed by atoms with Crippen LogP contribution in [0.1, 0.15) is 11.1 Å². The molecule has 0 atom stereocenters. The standard InChI is InChI=1S/C14H13N3/c1-11-3-5-13(6-4-11)17(2)14-10-16-8-7-12(14)9-15/h3-8,10H,1-2H3. The molecule has 0 aliphatic rings. The van der Waals surface area contributed by atoms with Gasteiger partial charge in [0.2, 0.25) is 0 Å². The van der Waals surface area contributed by atoms with E-state index in [1.807, 2.05) is 36.2 Å². The summed E-state index contributed by atoms with van der Waals surface area (Å²) in [5.74, 6) is 0. The first-order valence-electron chi connectivity index (χ1n) is 5.37.